The summed E-state index contributed by atoms with van der Waals surface area (Å²) in [5.41, 5.74) is 0. The first kappa shape index (κ1) is 31.6. The summed E-state index contributed by atoms with van der Waals surface area (Å²) in [6, 6.07) is 0. The predicted molar refractivity (Wildman–Crippen MR) is 135 cm³/mol. The lowest BCUT2D eigenvalue weighted by molar-refractivity contribution is 0.0358. The Morgan fingerprint density at radius 1 is 0.548 bits per heavy atom. The van der Waals surface area contributed by atoms with E-state index in [1.165, 1.54) is 0 Å². The molecule has 0 fully saturated rings. The zero-order chi connectivity index (χ0) is 24.0. The Morgan fingerprint density at radius 2 is 0.871 bits per heavy atom. The second-order valence-corrected chi connectivity index (χ2v) is 16.8. The molecule has 0 aromatic heterocycles. The summed E-state index contributed by atoms with van der Waals surface area (Å²) in [4.78, 5) is 0. The average molecular weight is 503 g/mol. The minimum absolute atomic E-state index is 0.0497. The third-order valence-electron chi connectivity index (χ3n) is 5.07. The van der Waals surface area contributed by atoms with Crippen molar-refractivity contribution in [3.63, 3.8) is 0 Å². The summed E-state index contributed by atoms with van der Waals surface area (Å²) in [5.74, 6) is 0. The van der Waals surface area contributed by atoms with Crippen LogP contribution in [0.2, 0.25) is 0 Å². The van der Waals surface area contributed by atoms with Gasteiger partial charge in [0.25, 0.3) is 0 Å². The molecule has 0 aliphatic carbocycles. The molecule has 31 heavy (non-hydrogen) atoms. The summed E-state index contributed by atoms with van der Waals surface area (Å²) in [5, 5.41) is 0. The Morgan fingerprint density at radius 3 is 1.23 bits per heavy atom. The Labute approximate surface area is 192 Å². The van der Waals surface area contributed by atoms with Crippen LogP contribution in [0.1, 0.15) is 87.0 Å². The molecular formula is C22H49O6P3. The van der Waals surface area contributed by atoms with E-state index in [1.54, 1.807) is 0 Å². The van der Waals surface area contributed by atoms with E-state index in [-0.39, 0.29) is 6.61 Å². The largest absolute Gasteiger partial charge is 0.326 e. The topological polar surface area (TPSA) is 78.9 Å². The Hall–Kier alpha value is 0.570. The van der Waals surface area contributed by atoms with E-state index in [9.17, 15) is 13.7 Å². The Balaban J connectivity index is 5.70. The predicted octanol–water partition coefficient (Wildman–Crippen LogP) is 8.09. The van der Waals surface area contributed by atoms with Crippen LogP contribution in [0.15, 0.2) is 0 Å². The van der Waals surface area contributed by atoms with Crippen molar-refractivity contribution in [3.05, 3.63) is 0 Å². The van der Waals surface area contributed by atoms with Gasteiger partial charge in [-0.1, -0.05) is 41.5 Å². The molecule has 0 heterocycles. The van der Waals surface area contributed by atoms with Gasteiger partial charge in [-0.05, 0) is 45.4 Å². The molecule has 2 unspecified atom stereocenters. The fraction of sp³-hybridized carbons (Fsp3) is 1.00. The third-order valence-corrected chi connectivity index (χ3v) is 13.8. The first-order valence-electron chi connectivity index (χ1n) is 12.3. The minimum atomic E-state index is -2.88. The molecule has 0 aromatic rings. The first-order valence-corrected chi connectivity index (χ1v) is 18.3. The summed E-state index contributed by atoms with van der Waals surface area (Å²) in [6.45, 7) is 13.8. The first-order chi connectivity index (χ1) is 14.6. The van der Waals surface area contributed by atoms with Crippen molar-refractivity contribution in [2.24, 2.45) is 0 Å². The van der Waals surface area contributed by atoms with E-state index in [1.807, 2.05) is 48.5 Å². The molecule has 0 saturated heterocycles. The van der Waals surface area contributed by atoms with Crippen molar-refractivity contribution in [3.8, 4) is 0 Å². The maximum Gasteiger partial charge on any atom is 0.203 e. The van der Waals surface area contributed by atoms with Gasteiger partial charge in [0.15, 0.2) is 0 Å². The zero-order valence-corrected chi connectivity index (χ0v) is 23.8. The molecule has 0 spiro atoms. The van der Waals surface area contributed by atoms with Crippen LogP contribution in [0.3, 0.4) is 0 Å². The van der Waals surface area contributed by atoms with Crippen LogP contribution in [0.5, 0.6) is 0 Å². The van der Waals surface area contributed by atoms with Gasteiger partial charge in [-0.25, -0.2) is 0 Å². The van der Waals surface area contributed by atoms with Gasteiger partial charge in [-0.3, -0.25) is 13.7 Å². The molecule has 0 N–H and O–H groups in total. The van der Waals surface area contributed by atoms with Crippen molar-refractivity contribution in [2.45, 2.75) is 99.2 Å². The number of hydrogen-bond acceptors (Lipinski definition) is 6. The molecule has 0 amide bonds. The maximum absolute atomic E-state index is 13.4. The third kappa shape index (κ3) is 12.6. The molecule has 9 heteroatoms. The summed E-state index contributed by atoms with van der Waals surface area (Å²) < 4.78 is 58.2. The molecule has 0 aliphatic heterocycles. The molecular weight excluding hydrogens is 453 g/mol. The van der Waals surface area contributed by atoms with E-state index < -0.39 is 34.3 Å². The lowest BCUT2D eigenvalue weighted by Crippen LogP contribution is -2.33. The van der Waals surface area contributed by atoms with Crippen molar-refractivity contribution in [1.29, 1.82) is 0 Å². The van der Waals surface area contributed by atoms with Gasteiger partial charge < -0.3 is 13.6 Å². The Bertz CT molecular complexity index is 580. The maximum atomic E-state index is 13.4. The highest BCUT2D eigenvalue weighted by molar-refractivity contribution is 7.59. The lowest BCUT2D eigenvalue weighted by atomic mass is 10.2. The second-order valence-electron chi connectivity index (χ2n) is 8.54. The van der Waals surface area contributed by atoms with Crippen molar-refractivity contribution in [2.75, 3.05) is 43.6 Å². The highest BCUT2D eigenvalue weighted by Gasteiger charge is 2.35. The van der Waals surface area contributed by atoms with Crippen LogP contribution < -0.4 is 0 Å². The SMILES string of the molecule is CCCP(=O)(CCC)OCC(OP(=O)(CCC)CCC)C(C)OP(=O)(CCC)CCC. The smallest absolute Gasteiger partial charge is 0.203 e. The van der Waals surface area contributed by atoms with Crippen LogP contribution in [-0.2, 0) is 27.3 Å². The minimum Gasteiger partial charge on any atom is -0.326 e. The zero-order valence-electron chi connectivity index (χ0n) is 21.1. The normalized spacial score (nSPS) is 15.2. The van der Waals surface area contributed by atoms with Crippen LogP contribution in [0, 0.1) is 0 Å². The summed E-state index contributed by atoms with van der Waals surface area (Å²) in [6.07, 6.45) is 6.48. The quantitative estimate of drug-likeness (QED) is 0.157. The van der Waals surface area contributed by atoms with Crippen LogP contribution in [0.25, 0.3) is 0 Å². The van der Waals surface area contributed by atoms with Gasteiger partial charge in [0.05, 0.1) is 12.7 Å². The second kappa shape index (κ2) is 16.2. The molecule has 6 nitrogen and oxygen atoms in total. The highest BCUT2D eigenvalue weighted by Crippen LogP contribution is 2.54. The van der Waals surface area contributed by atoms with Gasteiger partial charge in [0.1, 0.15) is 6.10 Å². The van der Waals surface area contributed by atoms with E-state index in [0.717, 1.165) is 38.5 Å². The molecule has 0 bridgehead atoms. The van der Waals surface area contributed by atoms with E-state index in [0.29, 0.717) is 37.0 Å². The highest BCUT2D eigenvalue weighted by atomic mass is 31.2. The fourth-order valence-electron chi connectivity index (χ4n) is 3.80. The van der Waals surface area contributed by atoms with Crippen molar-refractivity contribution >= 4 is 22.1 Å². The molecule has 0 rings (SSSR count). The van der Waals surface area contributed by atoms with Gasteiger partial charge in [0.2, 0.25) is 22.1 Å². The molecule has 2 atom stereocenters. The molecule has 0 saturated carbocycles. The van der Waals surface area contributed by atoms with Crippen LogP contribution in [0.4, 0.5) is 0 Å². The van der Waals surface area contributed by atoms with Crippen molar-refractivity contribution in [1.82, 2.24) is 0 Å². The standard InChI is InChI=1S/C22H49O6P3/c1-8-14-29(23,15-9-2)26-20-22(28-31(25,18-12-5)19-13-6)21(7)27-30(24,16-10-3)17-11-4/h21-22H,8-20H2,1-7H3. The van der Waals surface area contributed by atoms with Crippen molar-refractivity contribution < 1.29 is 27.3 Å². The van der Waals surface area contributed by atoms with Gasteiger partial charge >= 0.3 is 0 Å². The van der Waals surface area contributed by atoms with E-state index in [4.69, 9.17) is 13.6 Å². The van der Waals surface area contributed by atoms with Gasteiger partial charge in [-0.15, -0.1) is 0 Å². The lowest BCUT2D eigenvalue weighted by Gasteiger charge is -2.32. The van der Waals surface area contributed by atoms with Gasteiger partial charge in [-0.2, -0.15) is 0 Å². The average Bonchev–Trinajstić information content (AvgIpc) is 2.66. The summed E-state index contributed by atoms with van der Waals surface area (Å²) in [7, 11) is -8.47. The number of hydrogen-bond donors (Lipinski definition) is 0. The molecule has 0 radical (unpaired) electrons. The van der Waals surface area contributed by atoms with E-state index in [2.05, 4.69) is 0 Å². The molecule has 0 aliphatic rings. The van der Waals surface area contributed by atoms with Gasteiger partial charge in [0, 0.05) is 37.0 Å². The summed E-state index contributed by atoms with van der Waals surface area (Å²) >= 11 is 0. The van der Waals surface area contributed by atoms with Crippen LogP contribution in [-0.4, -0.2) is 55.8 Å². The monoisotopic (exact) mass is 502 g/mol. The Kier molecular flexibility index (Phi) is 16.5. The molecule has 0 aromatic carbocycles. The molecule has 188 valence electrons. The van der Waals surface area contributed by atoms with E-state index >= 15 is 0 Å². The fourth-order valence-corrected chi connectivity index (χ4v) is 11.1. The number of rotatable bonds is 20. The van der Waals surface area contributed by atoms with Crippen LogP contribution >= 0.6 is 22.1 Å².